The lowest BCUT2D eigenvalue weighted by atomic mass is 10.3. The summed E-state index contributed by atoms with van der Waals surface area (Å²) < 4.78 is 1.14. The minimum atomic E-state index is 0.746. The van der Waals surface area contributed by atoms with Gasteiger partial charge in [-0.15, -0.1) is 0 Å². The van der Waals surface area contributed by atoms with Crippen LogP contribution in [0.4, 0.5) is 5.69 Å². The molecule has 0 amide bonds. The highest BCUT2D eigenvalue weighted by molar-refractivity contribution is 9.10. The molecule has 0 radical (unpaired) electrons. The standard InChI is InChI=1S/C9H10BrN/c10-7-1-3-8(4-2-7)11-9-5-6-9/h1-4,9,11H,5-6H2. The molecule has 0 unspecified atom stereocenters. The summed E-state index contributed by atoms with van der Waals surface area (Å²) in [6.45, 7) is 0. The van der Waals surface area contributed by atoms with Crippen molar-refractivity contribution in [2.75, 3.05) is 5.32 Å². The molecule has 0 bridgehead atoms. The molecule has 0 aliphatic heterocycles. The van der Waals surface area contributed by atoms with Gasteiger partial charge in [0.25, 0.3) is 0 Å². The van der Waals surface area contributed by atoms with Crippen LogP contribution in [0.2, 0.25) is 0 Å². The molecule has 1 aromatic rings. The van der Waals surface area contributed by atoms with E-state index in [4.69, 9.17) is 0 Å². The van der Waals surface area contributed by atoms with Crippen LogP contribution in [0.5, 0.6) is 0 Å². The van der Waals surface area contributed by atoms with Crippen molar-refractivity contribution in [2.45, 2.75) is 18.9 Å². The fourth-order valence-electron chi connectivity index (χ4n) is 1.01. The number of anilines is 1. The largest absolute Gasteiger partial charge is 0.382 e. The molecule has 58 valence electrons. The smallest absolute Gasteiger partial charge is 0.0343 e. The van der Waals surface area contributed by atoms with E-state index in [0.717, 1.165) is 10.5 Å². The lowest BCUT2D eigenvalue weighted by molar-refractivity contribution is 1.16. The maximum atomic E-state index is 3.42. The Bertz CT molecular complexity index is 238. The van der Waals surface area contributed by atoms with Crippen molar-refractivity contribution in [2.24, 2.45) is 0 Å². The average molecular weight is 212 g/mol. The SMILES string of the molecule is Brc1ccc(NC2CC2)cc1. The molecule has 11 heavy (non-hydrogen) atoms. The second kappa shape index (κ2) is 2.86. The third-order valence-electron chi connectivity index (χ3n) is 1.79. The predicted octanol–water partition coefficient (Wildman–Crippen LogP) is 3.02. The van der Waals surface area contributed by atoms with E-state index in [2.05, 4.69) is 45.5 Å². The summed E-state index contributed by atoms with van der Waals surface area (Å²) in [4.78, 5) is 0. The molecule has 1 nitrogen and oxygen atoms in total. The van der Waals surface area contributed by atoms with E-state index in [-0.39, 0.29) is 0 Å². The quantitative estimate of drug-likeness (QED) is 0.794. The summed E-state index contributed by atoms with van der Waals surface area (Å²) in [5.41, 5.74) is 1.23. The number of hydrogen-bond donors (Lipinski definition) is 1. The molecule has 0 saturated heterocycles. The molecule has 2 heteroatoms. The van der Waals surface area contributed by atoms with Crippen molar-refractivity contribution in [3.8, 4) is 0 Å². The van der Waals surface area contributed by atoms with Crippen molar-refractivity contribution in [1.29, 1.82) is 0 Å². The highest BCUT2D eigenvalue weighted by atomic mass is 79.9. The van der Waals surface area contributed by atoms with Gasteiger partial charge < -0.3 is 5.32 Å². The number of hydrogen-bond acceptors (Lipinski definition) is 1. The zero-order valence-corrected chi connectivity index (χ0v) is 7.76. The summed E-state index contributed by atoms with van der Waals surface area (Å²) in [7, 11) is 0. The van der Waals surface area contributed by atoms with Crippen LogP contribution in [0.1, 0.15) is 12.8 Å². The van der Waals surface area contributed by atoms with Crippen LogP contribution in [-0.4, -0.2) is 6.04 Å². The molecule has 1 N–H and O–H groups in total. The minimum absolute atomic E-state index is 0.746. The fraction of sp³-hybridized carbons (Fsp3) is 0.333. The van der Waals surface area contributed by atoms with Crippen molar-refractivity contribution in [3.05, 3.63) is 28.7 Å². The van der Waals surface area contributed by atoms with Crippen LogP contribution >= 0.6 is 15.9 Å². The average Bonchev–Trinajstić information content (AvgIpc) is 2.78. The summed E-state index contributed by atoms with van der Waals surface area (Å²) in [6, 6.07) is 9.07. The Kier molecular flexibility index (Phi) is 1.86. The van der Waals surface area contributed by atoms with Gasteiger partial charge in [0.1, 0.15) is 0 Å². The van der Waals surface area contributed by atoms with E-state index in [9.17, 15) is 0 Å². The van der Waals surface area contributed by atoms with Crippen LogP contribution in [0.25, 0.3) is 0 Å². The van der Waals surface area contributed by atoms with Crippen LogP contribution in [0.15, 0.2) is 28.7 Å². The highest BCUT2D eigenvalue weighted by Crippen LogP contribution is 2.25. The molecule has 0 heterocycles. The molecule has 1 saturated carbocycles. The van der Waals surface area contributed by atoms with E-state index in [1.807, 2.05) is 0 Å². The summed E-state index contributed by atoms with van der Waals surface area (Å²) >= 11 is 3.40. The van der Waals surface area contributed by atoms with Gasteiger partial charge >= 0.3 is 0 Å². The molecular weight excluding hydrogens is 202 g/mol. The Morgan fingerprint density at radius 3 is 2.36 bits per heavy atom. The van der Waals surface area contributed by atoms with Crippen molar-refractivity contribution in [3.63, 3.8) is 0 Å². The number of rotatable bonds is 2. The van der Waals surface area contributed by atoms with Gasteiger partial charge in [-0.3, -0.25) is 0 Å². The van der Waals surface area contributed by atoms with E-state index < -0.39 is 0 Å². The lowest BCUT2D eigenvalue weighted by Crippen LogP contribution is -1.99. The zero-order chi connectivity index (χ0) is 7.68. The molecule has 0 atom stereocenters. The Morgan fingerprint density at radius 1 is 1.18 bits per heavy atom. The first-order chi connectivity index (χ1) is 5.34. The third-order valence-corrected chi connectivity index (χ3v) is 2.32. The minimum Gasteiger partial charge on any atom is -0.382 e. The van der Waals surface area contributed by atoms with Gasteiger partial charge in [0.2, 0.25) is 0 Å². The van der Waals surface area contributed by atoms with Crippen LogP contribution in [0, 0.1) is 0 Å². The number of nitrogens with one attached hydrogen (secondary N) is 1. The monoisotopic (exact) mass is 211 g/mol. The van der Waals surface area contributed by atoms with Gasteiger partial charge in [-0.1, -0.05) is 15.9 Å². The van der Waals surface area contributed by atoms with Crippen molar-refractivity contribution < 1.29 is 0 Å². The van der Waals surface area contributed by atoms with Crippen molar-refractivity contribution >= 4 is 21.6 Å². The zero-order valence-electron chi connectivity index (χ0n) is 6.18. The van der Waals surface area contributed by atoms with Crippen LogP contribution < -0.4 is 5.32 Å². The molecule has 0 spiro atoms. The van der Waals surface area contributed by atoms with Crippen LogP contribution in [0.3, 0.4) is 0 Å². The van der Waals surface area contributed by atoms with Gasteiger partial charge in [-0.05, 0) is 37.1 Å². The van der Waals surface area contributed by atoms with E-state index in [1.165, 1.54) is 18.5 Å². The van der Waals surface area contributed by atoms with E-state index in [1.54, 1.807) is 0 Å². The maximum absolute atomic E-state index is 3.42. The first-order valence-corrected chi connectivity index (χ1v) is 4.66. The predicted molar refractivity (Wildman–Crippen MR) is 50.8 cm³/mol. The molecular formula is C9H10BrN. The first kappa shape index (κ1) is 7.17. The van der Waals surface area contributed by atoms with E-state index >= 15 is 0 Å². The third kappa shape index (κ3) is 1.96. The number of benzene rings is 1. The van der Waals surface area contributed by atoms with Gasteiger partial charge in [0.05, 0.1) is 0 Å². The number of halogens is 1. The molecule has 0 aromatic heterocycles. The molecule has 1 aliphatic carbocycles. The molecule has 1 fully saturated rings. The maximum Gasteiger partial charge on any atom is 0.0343 e. The van der Waals surface area contributed by atoms with Crippen LogP contribution in [-0.2, 0) is 0 Å². The highest BCUT2D eigenvalue weighted by Gasteiger charge is 2.20. The van der Waals surface area contributed by atoms with Gasteiger partial charge in [0.15, 0.2) is 0 Å². The Balaban J connectivity index is 2.06. The molecule has 2 rings (SSSR count). The first-order valence-electron chi connectivity index (χ1n) is 3.87. The topological polar surface area (TPSA) is 12.0 Å². The summed E-state index contributed by atoms with van der Waals surface area (Å²) in [5.74, 6) is 0. The summed E-state index contributed by atoms with van der Waals surface area (Å²) in [5, 5.41) is 3.42. The fourth-order valence-corrected chi connectivity index (χ4v) is 1.27. The normalized spacial score (nSPS) is 16.5. The lowest BCUT2D eigenvalue weighted by Gasteiger charge is -2.02. The van der Waals surface area contributed by atoms with Gasteiger partial charge in [-0.2, -0.15) is 0 Å². The Hall–Kier alpha value is -0.500. The van der Waals surface area contributed by atoms with Crippen molar-refractivity contribution in [1.82, 2.24) is 0 Å². The Morgan fingerprint density at radius 2 is 1.82 bits per heavy atom. The Labute approximate surface area is 74.9 Å². The molecule has 1 aliphatic rings. The summed E-state index contributed by atoms with van der Waals surface area (Å²) in [6.07, 6.45) is 2.66. The van der Waals surface area contributed by atoms with E-state index in [0.29, 0.717) is 0 Å². The van der Waals surface area contributed by atoms with Gasteiger partial charge in [-0.25, -0.2) is 0 Å². The van der Waals surface area contributed by atoms with Gasteiger partial charge in [0, 0.05) is 16.2 Å². The second-order valence-electron chi connectivity index (χ2n) is 2.93. The molecule has 1 aromatic carbocycles. The second-order valence-corrected chi connectivity index (χ2v) is 3.84.